The van der Waals surface area contributed by atoms with Crippen LogP contribution >= 0.6 is 11.6 Å². The molecule has 144 valence electrons. The molecule has 7 nitrogen and oxygen atoms in total. The summed E-state index contributed by atoms with van der Waals surface area (Å²) in [7, 11) is -3.67. The van der Waals surface area contributed by atoms with Crippen LogP contribution in [0.1, 0.15) is 12.5 Å². The quantitative estimate of drug-likeness (QED) is 0.536. The average Bonchev–Trinajstić information content (AvgIpc) is 2.60. The van der Waals surface area contributed by atoms with Gasteiger partial charge in [0.1, 0.15) is 12.3 Å². The second kappa shape index (κ2) is 9.38. The zero-order chi connectivity index (χ0) is 19.9. The number of rotatable bonds is 8. The Labute approximate surface area is 163 Å². The summed E-state index contributed by atoms with van der Waals surface area (Å²) in [6.07, 6.45) is 2.47. The van der Waals surface area contributed by atoms with Crippen LogP contribution in [0.5, 0.6) is 5.75 Å². The lowest BCUT2D eigenvalue weighted by Crippen LogP contribution is -2.39. The fraction of sp³-hybridized carbons (Fsp3) is 0.222. The summed E-state index contributed by atoms with van der Waals surface area (Å²) in [5.74, 6) is 0.159. The van der Waals surface area contributed by atoms with Gasteiger partial charge in [0, 0.05) is 5.02 Å². The SMILES string of the molecule is CCOc1ccc(/C=N\NC(=O)CN(c2cccc(Cl)c2)S(C)(=O)=O)cc1. The highest BCUT2D eigenvalue weighted by molar-refractivity contribution is 7.92. The lowest BCUT2D eigenvalue weighted by molar-refractivity contribution is -0.119. The Morgan fingerprint density at radius 2 is 1.96 bits per heavy atom. The molecule has 0 spiro atoms. The molecule has 0 aromatic heterocycles. The van der Waals surface area contributed by atoms with Gasteiger partial charge in [0.05, 0.1) is 24.8 Å². The zero-order valence-electron chi connectivity index (χ0n) is 14.9. The minimum atomic E-state index is -3.67. The molecule has 2 aromatic carbocycles. The van der Waals surface area contributed by atoms with E-state index in [1.54, 1.807) is 42.5 Å². The van der Waals surface area contributed by atoms with E-state index in [0.29, 0.717) is 17.3 Å². The normalized spacial score (nSPS) is 11.4. The molecule has 9 heteroatoms. The second-order valence-electron chi connectivity index (χ2n) is 5.54. The van der Waals surface area contributed by atoms with Crippen molar-refractivity contribution in [3.63, 3.8) is 0 Å². The molecule has 0 aliphatic carbocycles. The number of sulfonamides is 1. The molecule has 0 saturated heterocycles. The van der Waals surface area contributed by atoms with Crippen molar-refractivity contribution in [2.75, 3.05) is 23.7 Å². The number of anilines is 1. The van der Waals surface area contributed by atoms with Crippen molar-refractivity contribution in [1.82, 2.24) is 5.43 Å². The highest BCUT2D eigenvalue weighted by Gasteiger charge is 2.20. The molecular formula is C18H20ClN3O4S. The average molecular weight is 410 g/mol. The number of hydrogen-bond donors (Lipinski definition) is 1. The maximum absolute atomic E-state index is 12.1. The van der Waals surface area contributed by atoms with Crippen LogP contribution in [-0.4, -0.2) is 39.9 Å². The summed E-state index contributed by atoms with van der Waals surface area (Å²) in [6.45, 7) is 2.06. The zero-order valence-corrected chi connectivity index (χ0v) is 16.5. The van der Waals surface area contributed by atoms with Gasteiger partial charge in [-0.25, -0.2) is 13.8 Å². The molecule has 0 unspecified atom stereocenters. The number of hydrazone groups is 1. The number of nitrogens with one attached hydrogen (secondary N) is 1. The van der Waals surface area contributed by atoms with E-state index < -0.39 is 22.5 Å². The standard InChI is InChI=1S/C18H20ClN3O4S/c1-3-26-17-9-7-14(8-10-17)12-20-21-18(23)13-22(27(2,24)25)16-6-4-5-15(19)11-16/h4-12H,3,13H2,1-2H3,(H,21,23)/b20-12-. The van der Waals surface area contributed by atoms with Gasteiger partial charge in [-0.3, -0.25) is 9.10 Å². The molecular weight excluding hydrogens is 390 g/mol. The van der Waals surface area contributed by atoms with Crippen LogP contribution in [0.25, 0.3) is 0 Å². The summed E-state index contributed by atoms with van der Waals surface area (Å²) >= 11 is 5.90. The van der Waals surface area contributed by atoms with Crippen molar-refractivity contribution in [1.29, 1.82) is 0 Å². The second-order valence-corrected chi connectivity index (χ2v) is 7.89. The van der Waals surface area contributed by atoms with Gasteiger partial charge in [-0.2, -0.15) is 5.10 Å². The first-order chi connectivity index (χ1) is 12.8. The summed E-state index contributed by atoms with van der Waals surface area (Å²) < 4.78 is 30.3. The highest BCUT2D eigenvalue weighted by atomic mass is 35.5. The summed E-state index contributed by atoms with van der Waals surface area (Å²) in [6, 6.07) is 13.4. The van der Waals surface area contributed by atoms with E-state index in [1.165, 1.54) is 12.3 Å². The molecule has 2 aromatic rings. The fourth-order valence-electron chi connectivity index (χ4n) is 2.19. The maximum Gasteiger partial charge on any atom is 0.260 e. The number of ether oxygens (including phenoxy) is 1. The predicted octanol–water partition coefficient (Wildman–Crippen LogP) is 2.66. The van der Waals surface area contributed by atoms with Crippen molar-refractivity contribution in [2.45, 2.75) is 6.92 Å². The Morgan fingerprint density at radius 1 is 1.26 bits per heavy atom. The Morgan fingerprint density at radius 3 is 2.56 bits per heavy atom. The summed E-state index contributed by atoms with van der Waals surface area (Å²) in [5, 5.41) is 4.22. The highest BCUT2D eigenvalue weighted by Crippen LogP contribution is 2.21. The van der Waals surface area contributed by atoms with Crippen LogP contribution in [-0.2, 0) is 14.8 Å². The number of nitrogens with zero attached hydrogens (tertiary/aromatic N) is 2. The molecule has 1 N–H and O–H groups in total. The topological polar surface area (TPSA) is 88.1 Å². The van der Waals surface area contributed by atoms with Gasteiger partial charge in [-0.1, -0.05) is 17.7 Å². The van der Waals surface area contributed by atoms with Crippen molar-refractivity contribution in [2.24, 2.45) is 5.10 Å². The van der Waals surface area contributed by atoms with E-state index in [2.05, 4.69) is 10.5 Å². The Kier molecular flexibility index (Phi) is 7.20. The Hall–Kier alpha value is -2.58. The van der Waals surface area contributed by atoms with Crippen LogP contribution in [0.3, 0.4) is 0 Å². The third-order valence-electron chi connectivity index (χ3n) is 3.38. The first-order valence-corrected chi connectivity index (χ1v) is 10.3. The number of halogens is 1. The fourth-order valence-corrected chi connectivity index (χ4v) is 3.23. The Balaban J connectivity index is 2.01. The third-order valence-corrected chi connectivity index (χ3v) is 4.75. The number of carbonyl (C=O) groups excluding carboxylic acids is 1. The molecule has 2 rings (SSSR count). The minimum absolute atomic E-state index is 0.302. The number of amides is 1. The molecule has 0 aliphatic rings. The number of hydrogen-bond acceptors (Lipinski definition) is 5. The van der Waals surface area contributed by atoms with Crippen molar-refractivity contribution >= 4 is 39.4 Å². The molecule has 0 heterocycles. The largest absolute Gasteiger partial charge is 0.494 e. The lowest BCUT2D eigenvalue weighted by atomic mass is 10.2. The predicted molar refractivity (Wildman–Crippen MR) is 107 cm³/mol. The summed E-state index contributed by atoms with van der Waals surface area (Å²) in [5.41, 5.74) is 3.38. The van der Waals surface area contributed by atoms with Gasteiger partial charge in [-0.15, -0.1) is 0 Å². The van der Waals surface area contributed by atoms with Crippen LogP contribution in [0.15, 0.2) is 53.6 Å². The van der Waals surface area contributed by atoms with E-state index in [0.717, 1.165) is 21.9 Å². The van der Waals surface area contributed by atoms with Gasteiger partial charge in [0.25, 0.3) is 5.91 Å². The minimum Gasteiger partial charge on any atom is -0.494 e. The summed E-state index contributed by atoms with van der Waals surface area (Å²) in [4.78, 5) is 12.1. The molecule has 0 aliphatic heterocycles. The van der Waals surface area contributed by atoms with Gasteiger partial charge in [-0.05, 0) is 55.0 Å². The van der Waals surface area contributed by atoms with Crippen LogP contribution in [0.2, 0.25) is 5.02 Å². The lowest BCUT2D eigenvalue weighted by Gasteiger charge is -2.21. The van der Waals surface area contributed by atoms with Gasteiger partial charge >= 0.3 is 0 Å². The van der Waals surface area contributed by atoms with Crippen LogP contribution < -0.4 is 14.5 Å². The van der Waals surface area contributed by atoms with E-state index in [4.69, 9.17) is 16.3 Å². The molecule has 0 atom stereocenters. The van der Waals surface area contributed by atoms with Gasteiger partial charge < -0.3 is 4.74 Å². The van der Waals surface area contributed by atoms with E-state index in [1.807, 2.05) is 6.92 Å². The third kappa shape index (κ3) is 6.58. The van der Waals surface area contributed by atoms with Crippen LogP contribution in [0, 0.1) is 0 Å². The molecule has 0 saturated carbocycles. The molecule has 0 radical (unpaired) electrons. The van der Waals surface area contributed by atoms with E-state index in [-0.39, 0.29) is 0 Å². The van der Waals surface area contributed by atoms with E-state index >= 15 is 0 Å². The Bertz CT molecular complexity index is 914. The molecule has 0 bridgehead atoms. The molecule has 0 fully saturated rings. The monoisotopic (exact) mass is 409 g/mol. The number of carbonyl (C=O) groups is 1. The van der Waals surface area contributed by atoms with Crippen molar-refractivity contribution in [3.05, 3.63) is 59.1 Å². The van der Waals surface area contributed by atoms with Crippen LogP contribution in [0.4, 0.5) is 5.69 Å². The number of benzene rings is 2. The van der Waals surface area contributed by atoms with Gasteiger partial charge in [0.15, 0.2) is 0 Å². The van der Waals surface area contributed by atoms with Gasteiger partial charge in [0.2, 0.25) is 10.0 Å². The van der Waals surface area contributed by atoms with Crippen molar-refractivity contribution in [3.8, 4) is 5.75 Å². The maximum atomic E-state index is 12.1. The van der Waals surface area contributed by atoms with E-state index in [9.17, 15) is 13.2 Å². The smallest absolute Gasteiger partial charge is 0.260 e. The first-order valence-electron chi connectivity index (χ1n) is 8.07. The molecule has 1 amide bonds. The van der Waals surface area contributed by atoms with Crippen molar-refractivity contribution < 1.29 is 17.9 Å². The first kappa shape index (κ1) is 20.7. The molecule has 27 heavy (non-hydrogen) atoms.